The largest absolute Gasteiger partial charge is 0.459 e. The first-order valence-corrected chi connectivity index (χ1v) is 4.66. The van der Waals surface area contributed by atoms with Crippen molar-refractivity contribution in [3.63, 3.8) is 0 Å². The van der Waals surface area contributed by atoms with E-state index in [0.717, 1.165) is 0 Å². The fourth-order valence-electron chi connectivity index (χ4n) is 0.968. The summed E-state index contributed by atoms with van der Waals surface area (Å²) >= 11 is 0. The van der Waals surface area contributed by atoms with Crippen molar-refractivity contribution in [2.45, 2.75) is 26.2 Å². The maximum absolute atomic E-state index is 10.9. The minimum Gasteiger partial charge on any atom is -0.412 e. The van der Waals surface area contributed by atoms with Gasteiger partial charge in [-0.25, -0.2) is 0 Å². The van der Waals surface area contributed by atoms with Crippen LogP contribution in [0.5, 0.6) is 0 Å². The summed E-state index contributed by atoms with van der Waals surface area (Å²) in [5.41, 5.74) is 2.68. The van der Waals surface area contributed by atoms with Gasteiger partial charge in [0.05, 0.1) is 0 Å². The molecular weight excluding hydrogens is 278 g/mol. The highest BCUT2D eigenvalue weighted by Gasteiger charge is 2.55. The average Bonchev–Trinajstić information content (AvgIpc) is 2.14. The second-order valence-electron chi connectivity index (χ2n) is 3.48. The number of alkyl halides is 6. The van der Waals surface area contributed by atoms with Crippen LogP contribution in [-0.4, -0.2) is 23.6 Å². The molecule has 0 aromatic heterocycles. The molecule has 2 nitrogen and oxygen atoms in total. The summed E-state index contributed by atoms with van der Waals surface area (Å²) < 4.78 is 65.3. The first-order valence-electron chi connectivity index (χ1n) is 4.66. The number of benzene rings is 1. The third kappa shape index (κ3) is 8.20. The van der Waals surface area contributed by atoms with Crippen molar-refractivity contribution >= 4 is 5.78 Å². The van der Waals surface area contributed by atoms with Gasteiger partial charge >= 0.3 is 18.1 Å². The fourth-order valence-corrected chi connectivity index (χ4v) is 0.968. The van der Waals surface area contributed by atoms with E-state index in [2.05, 4.69) is 38.1 Å². The Morgan fingerprint density at radius 3 is 1.32 bits per heavy atom. The van der Waals surface area contributed by atoms with Crippen LogP contribution in [0, 0.1) is 13.8 Å². The molecular formula is C11H12F6O2. The minimum atomic E-state index is -5.82. The molecule has 0 aliphatic carbocycles. The number of ketones is 1. The van der Waals surface area contributed by atoms with Crippen LogP contribution >= 0.6 is 0 Å². The molecule has 8 heteroatoms. The summed E-state index contributed by atoms with van der Waals surface area (Å²) in [6, 6.07) is 8.45. The highest BCUT2D eigenvalue weighted by atomic mass is 19.4. The number of Topliss-reactive ketones (excluding diaryl/α,β-unsaturated/α-hetero) is 1. The van der Waals surface area contributed by atoms with Crippen LogP contribution in [0.25, 0.3) is 0 Å². The van der Waals surface area contributed by atoms with E-state index in [1.54, 1.807) is 0 Å². The smallest absolute Gasteiger partial charge is 0.412 e. The van der Waals surface area contributed by atoms with E-state index in [4.69, 9.17) is 0 Å². The highest BCUT2D eigenvalue weighted by Crippen LogP contribution is 2.28. The predicted octanol–water partition coefficient (Wildman–Crippen LogP) is 3.16. The molecule has 0 atom stereocenters. The number of hydrogen-bond acceptors (Lipinski definition) is 1. The van der Waals surface area contributed by atoms with E-state index in [0.29, 0.717) is 0 Å². The van der Waals surface area contributed by atoms with E-state index < -0.39 is 18.1 Å². The van der Waals surface area contributed by atoms with Gasteiger partial charge in [0.25, 0.3) is 0 Å². The summed E-state index contributed by atoms with van der Waals surface area (Å²) in [6.45, 7) is 4.21. The Kier molecular flexibility index (Phi) is 7.41. The van der Waals surface area contributed by atoms with Crippen LogP contribution in [0.3, 0.4) is 0 Å². The van der Waals surface area contributed by atoms with Crippen LogP contribution in [0.15, 0.2) is 24.3 Å². The Morgan fingerprint density at radius 2 is 1.21 bits per heavy atom. The quantitative estimate of drug-likeness (QED) is 0.677. The molecule has 2 N–H and O–H groups in total. The molecule has 0 heterocycles. The van der Waals surface area contributed by atoms with E-state index in [9.17, 15) is 31.1 Å². The molecule has 0 spiro atoms. The van der Waals surface area contributed by atoms with Crippen LogP contribution in [0.1, 0.15) is 11.1 Å². The van der Waals surface area contributed by atoms with E-state index in [-0.39, 0.29) is 5.48 Å². The molecule has 110 valence electrons. The molecule has 19 heavy (non-hydrogen) atoms. The highest BCUT2D eigenvalue weighted by molar-refractivity contribution is 5.89. The van der Waals surface area contributed by atoms with Gasteiger partial charge in [0.1, 0.15) is 0 Å². The number of carbonyl (C=O) groups is 1. The molecule has 1 aromatic carbocycles. The maximum Gasteiger partial charge on any atom is 0.459 e. The van der Waals surface area contributed by atoms with Gasteiger partial charge in [-0.2, -0.15) is 26.3 Å². The van der Waals surface area contributed by atoms with Gasteiger partial charge in [-0.3, -0.25) is 4.79 Å². The van der Waals surface area contributed by atoms with Gasteiger partial charge in [-0.1, -0.05) is 35.4 Å². The van der Waals surface area contributed by atoms with Gasteiger partial charge in [-0.05, 0) is 13.8 Å². The van der Waals surface area contributed by atoms with Crippen molar-refractivity contribution in [3.05, 3.63) is 35.4 Å². The number of aryl methyl sites for hydroxylation is 2. The topological polar surface area (TPSA) is 48.6 Å². The molecule has 1 rings (SSSR count). The SMILES string of the molecule is Cc1cccc(C)c1.O.O=C(C(F)(F)F)C(F)(F)F. The lowest BCUT2D eigenvalue weighted by atomic mass is 10.2. The van der Waals surface area contributed by atoms with Crippen molar-refractivity contribution in [1.82, 2.24) is 0 Å². The van der Waals surface area contributed by atoms with Crippen LogP contribution in [0.4, 0.5) is 26.3 Å². The minimum absolute atomic E-state index is 0. The Bertz CT molecular complexity index is 375. The zero-order chi connectivity index (χ0) is 14.6. The first-order chi connectivity index (χ1) is 7.94. The van der Waals surface area contributed by atoms with Gasteiger partial charge < -0.3 is 5.48 Å². The standard InChI is InChI=1S/C8H10.C3F6O.H2O/c1-7-4-3-5-8(2)6-7;4-2(5,6)1(10)3(7,8)9;/h3-6H,1-2H3;;1H2. The number of rotatable bonds is 0. The molecule has 0 aliphatic heterocycles. The van der Waals surface area contributed by atoms with Crippen molar-refractivity contribution in [1.29, 1.82) is 0 Å². The summed E-state index contributed by atoms with van der Waals surface area (Å²) in [6.07, 6.45) is -11.6. The maximum atomic E-state index is 10.9. The average molecular weight is 290 g/mol. The second-order valence-corrected chi connectivity index (χ2v) is 3.48. The zero-order valence-corrected chi connectivity index (χ0v) is 9.99. The third-order valence-corrected chi connectivity index (χ3v) is 1.69. The molecule has 1 aromatic rings. The van der Waals surface area contributed by atoms with E-state index >= 15 is 0 Å². The monoisotopic (exact) mass is 290 g/mol. The van der Waals surface area contributed by atoms with Gasteiger partial charge in [0.2, 0.25) is 0 Å². The van der Waals surface area contributed by atoms with Crippen molar-refractivity contribution < 1.29 is 36.6 Å². The van der Waals surface area contributed by atoms with Crippen molar-refractivity contribution in [2.75, 3.05) is 0 Å². The Hall–Kier alpha value is -1.57. The molecule has 0 radical (unpaired) electrons. The summed E-state index contributed by atoms with van der Waals surface area (Å²) in [5, 5.41) is 0. The van der Waals surface area contributed by atoms with Crippen molar-refractivity contribution in [3.8, 4) is 0 Å². The number of carbonyl (C=O) groups excluding carboxylic acids is 1. The van der Waals surface area contributed by atoms with Gasteiger partial charge in [0, 0.05) is 0 Å². The van der Waals surface area contributed by atoms with Crippen LogP contribution in [-0.2, 0) is 4.79 Å². The predicted molar refractivity (Wildman–Crippen MR) is 56.6 cm³/mol. The molecule has 0 fully saturated rings. The zero-order valence-electron chi connectivity index (χ0n) is 9.99. The van der Waals surface area contributed by atoms with E-state index in [1.165, 1.54) is 11.1 Å². The molecule has 0 bridgehead atoms. The van der Waals surface area contributed by atoms with Crippen LogP contribution in [0.2, 0.25) is 0 Å². The molecule has 0 saturated carbocycles. The Balaban J connectivity index is 0. The molecule has 0 saturated heterocycles. The lowest BCUT2D eigenvalue weighted by Crippen LogP contribution is -2.36. The van der Waals surface area contributed by atoms with Gasteiger partial charge in [-0.15, -0.1) is 0 Å². The van der Waals surface area contributed by atoms with Crippen molar-refractivity contribution in [2.24, 2.45) is 0 Å². The summed E-state index contributed by atoms with van der Waals surface area (Å²) in [5.74, 6) is -3.68. The number of hydrogen-bond donors (Lipinski definition) is 0. The van der Waals surface area contributed by atoms with Gasteiger partial charge in [0.15, 0.2) is 0 Å². The molecule has 0 aliphatic rings. The normalized spacial score (nSPS) is 10.9. The Morgan fingerprint density at radius 1 is 0.895 bits per heavy atom. The summed E-state index contributed by atoms with van der Waals surface area (Å²) in [4.78, 5) is 9.24. The van der Waals surface area contributed by atoms with E-state index in [1.807, 2.05) is 0 Å². The second kappa shape index (κ2) is 7.13. The molecule has 0 amide bonds. The lowest BCUT2D eigenvalue weighted by molar-refractivity contribution is -0.217. The first kappa shape index (κ1) is 19.8. The summed E-state index contributed by atoms with van der Waals surface area (Å²) in [7, 11) is 0. The number of halogens is 6. The lowest BCUT2D eigenvalue weighted by Gasteiger charge is -2.06. The third-order valence-electron chi connectivity index (χ3n) is 1.69. The fraction of sp³-hybridized carbons (Fsp3) is 0.364. The van der Waals surface area contributed by atoms with Crippen LogP contribution < -0.4 is 0 Å². The molecule has 0 unspecified atom stereocenters. The Labute approximate surface area is 105 Å².